The number of rotatable bonds is 7. The lowest BCUT2D eigenvalue weighted by atomic mass is 10.0. The third kappa shape index (κ3) is 4.40. The first-order chi connectivity index (χ1) is 7.67. The highest BCUT2D eigenvalue weighted by molar-refractivity contribution is 4.78. The average Bonchev–Trinajstić information content (AvgIpc) is 2.66. The van der Waals surface area contributed by atoms with Gasteiger partial charge in [-0.1, -0.05) is 13.3 Å². The molecular formula is C13H29N3. The molecule has 2 atom stereocenters. The van der Waals surface area contributed by atoms with Crippen LogP contribution < -0.4 is 5.73 Å². The third-order valence-corrected chi connectivity index (χ3v) is 4.02. The Labute approximate surface area is 101 Å². The molecule has 0 bridgehead atoms. The molecule has 1 heterocycles. The molecule has 0 radical (unpaired) electrons. The highest BCUT2D eigenvalue weighted by Gasteiger charge is 2.21. The summed E-state index contributed by atoms with van der Waals surface area (Å²) < 4.78 is 0. The van der Waals surface area contributed by atoms with Gasteiger partial charge in [0, 0.05) is 12.6 Å². The van der Waals surface area contributed by atoms with Gasteiger partial charge in [0.15, 0.2) is 0 Å². The highest BCUT2D eigenvalue weighted by atomic mass is 15.2. The number of nitrogens with two attached hydrogens (primary N) is 1. The van der Waals surface area contributed by atoms with Gasteiger partial charge in [-0.25, -0.2) is 0 Å². The van der Waals surface area contributed by atoms with Crippen LogP contribution in [-0.2, 0) is 0 Å². The number of likely N-dealkylation sites (N-methyl/N-ethyl adjacent to an activating group) is 2. The van der Waals surface area contributed by atoms with Crippen molar-refractivity contribution in [2.24, 2.45) is 11.7 Å². The molecular weight excluding hydrogens is 198 g/mol. The smallest absolute Gasteiger partial charge is 0.0220 e. The molecule has 0 aliphatic carbocycles. The number of hydrogen-bond donors (Lipinski definition) is 1. The van der Waals surface area contributed by atoms with Crippen LogP contribution in [0.5, 0.6) is 0 Å². The topological polar surface area (TPSA) is 32.5 Å². The van der Waals surface area contributed by atoms with Gasteiger partial charge in [0.1, 0.15) is 0 Å². The maximum atomic E-state index is 5.73. The van der Waals surface area contributed by atoms with E-state index in [1.165, 1.54) is 45.3 Å². The zero-order chi connectivity index (χ0) is 12.0. The van der Waals surface area contributed by atoms with Gasteiger partial charge >= 0.3 is 0 Å². The van der Waals surface area contributed by atoms with Crippen LogP contribution in [0.15, 0.2) is 0 Å². The fraction of sp³-hybridized carbons (Fsp3) is 1.00. The van der Waals surface area contributed by atoms with Crippen LogP contribution in [0.25, 0.3) is 0 Å². The Morgan fingerprint density at radius 1 is 1.50 bits per heavy atom. The lowest BCUT2D eigenvalue weighted by Gasteiger charge is -2.26. The van der Waals surface area contributed by atoms with Crippen molar-refractivity contribution in [3.63, 3.8) is 0 Å². The number of hydrogen-bond acceptors (Lipinski definition) is 3. The molecule has 0 aromatic rings. The fourth-order valence-corrected chi connectivity index (χ4v) is 2.55. The summed E-state index contributed by atoms with van der Waals surface area (Å²) in [5.41, 5.74) is 5.73. The molecule has 96 valence electrons. The first-order valence-corrected chi connectivity index (χ1v) is 6.76. The summed E-state index contributed by atoms with van der Waals surface area (Å²) in [4.78, 5) is 4.97. The van der Waals surface area contributed by atoms with E-state index in [1.54, 1.807) is 0 Å². The quantitative estimate of drug-likeness (QED) is 0.713. The summed E-state index contributed by atoms with van der Waals surface area (Å²) >= 11 is 0. The molecule has 1 rings (SSSR count). The van der Waals surface area contributed by atoms with Gasteiger partial charge in [-0.15, -0.1) is 0 Å². The van der Waals surface area contributed by atoms with Crippen molar-refractivity contribution in [2.45, 2.75) is 38.6 Å². The minimum Gasteiger partial charge on any atom is -0.330 e. The molecule has 1 saturated heterocycles. The van der Waals surface area contributed by atoms with Gasteiger partial charge in [0.2, 0.25) is 0 Å². The van der Waals surface area contributed by atoms with Gasteiger partial charge in [-0.2, -0.15) is 0 Å². The fourth-order valence-electron chi connectivity index (χ4n) is 2.55. The summed E-state index contributed by atoms with van der Waals surface area (Å²) in [6, 6.07) is 0.781. The second kappa shape index (κ2) is 7.25. The first kappa shape index (κ1) is 13.9. The molecule has 0 aromatic carbocycles. The van der Waals surface area contributed by atoms with Crippen LogP contribution in [-0.4, -0.2) is 56.1 Å². The van der Waals surface area contributed by atoms with Crippen molar-refractivity contribution in [2.75, 3.05) is 40.3 Å². The molecule has 0 saturated carbocycles. The molecule has 0 spiro atoms. The van der Waals surface area contributed by atoms with Crippen LogP contribution in [0.2, 0.25) is 0 Å². The molecule has 1 aliphatic heterocycles. The van der Waals surface area contributed by atoms with E-state index in [0.717, 1.165) is 12.6 Å². The Bertz CT molecular complexity index is 180. The molecule has 2 N–H and O–H groups in total. The van der Waals surface area contributed by atoms with Gasteiger partial charge in [0.25, 0.3) is 0 Å². The minimum absolute atomic E-state index is 0.712. The molecule has 16 heavy (non-hydrogen) atoms. The molecule has 1 fully saturated rings. The molecule has 1 aliphatic rings. The minimum atomic E-state index is 0.712. The Balaban J connectivity index is 2.17. The second-order valence-electron chi connectivity index (χ2n) is 5.34. The van der Waals surface area contributed by atoms with Gasteiger partial charge in [-0.3, -0.25) is 0 Å². The molecule has 0 amide bonds. The lowest BCUT2D eigenvalue weighted by molar-refractivity contribution is 0.210. The molecule has 3 nitrogen and oxygen atoms in total. The second-order valence-corrected chi connectivity index (χ2v) is 5.34. The Morgan fingerprint density at radius 3 is 2.75 bits per heavy atom. The van der Waals surface area contributed by atoms with Crippen molar-refractivity contribution in [3.05, 3.63) is 0 Å². The summed E-state index contributed by atoms with van der Waals surface area (Å²) in [5, 5.41) is 0. The number of nitrogens with zero attached hydrogens (tertiary/aromatic N) is 2. The van der Waals surface area contributed by atoms with E-state index in [1.807, 2.05) is 0 Å². The summed E-state index contributed by atoms with van der Waals surface area (Å²) in [7, 11) is 4.50. The van der Waals surface area contributed by atoms with Gasteiger partial charge in [0.05, 0.1) is 0 Å². The maximum Gasteiger partial charge on any atom is 0.0220 e. The van der Waals surface area contributed by atoms with Crippen molar-refractivity contribution >= 4 is 0 Å². The van der Waals surface area contributed by atoms with E-state index in [9.17, 15) is 0 Å². The van der Waals surface area contributed by atoms with Crippen molar-refractivity contribution in [3.8, 4) is 0 Å². The predicted molar refractivity (Wildman–Crippen MR) is 70.6 cm³/mol. The predicted octanol–water partition coefficient (Wildman–Crippen LogP) is 1.39. The van der Waals surface area contributed by atoms with E-state index < -0.39 is 0 Å². The first-order valence-electron chi connectivity index (χ1n) is 6.76. The van der Waals surface area contributed by atoms with Crippen LogP contribution in [0.1, 0.15) is 32.6 Å². The standard InChI is InChI=1S/C13H29N3/c1-4-12(10-14)7-9-15(2)11-13-6-5-8-16(13)3/h12-13H,4-11,14H2,1-3H3. The third-order valence-electron chi connectivity index (χ3n) is 4.02. The molecule has 2 unspecified atom stereocenters. The van der Waals surface area contributed by atoms with E-state index in [-0.39, 0.29) is 0 Å². The monoisotopic (exact) mass is 227 g/mol. The molecule has 3 heteroatoms. The van der Waals surface area contributed by atoms with Crippen LogP contribution in [0, 0.1) is 5.92 Å². The highest BCUT2D eigenvalue weighted by Crippen LogP contribution is 2.16. The zero-order valence-corrected chi connectivity index (χ0v) is 11.3. The van der Waals surface area contributed by atoms with E-state index in [4.69, 9.17) is 5.73 Å². The SMILES string of the molecule is CCC(CN)CCN(C)CC1CCCN1C. The number of likely N-dealkylation sites (tertiary alicyclic amines) is 1. The summed E-state index contributed by atoms with van der Waals surface area (Å²) in [6.45, 7) is 6.77. The van der Waals surface area contributed by atoms with Crippen LogP contribution >= 0.6 is 0 Å². The van der Waals surface area contributed by atoms with Crippen molar-refractivity contribution in [1.82, 2.24) is 9.80 Å². The van der Waals surface area contributed by atoms with Crippen LogP contribution in [0.4, 0.5) is 0 Å². The average molecular weight is 227 g/mol. The van der Waals surface area contributed by atoms with Crippen molar-refractivity contribution in [1.29, 1.82) is 0 Å². The van der Waals surface area contributed by atoms with Crippen LogP contribution in [0.3, 0.4) is 0 Å². The summed E-state index contributed by atoms with van der Waals surface area (Å²) in [5.74, 6) is 0.712. The maximum absolute atomic E-state index is 5.73. The lowest BCUT2D eigenvalue weighted by Crippen LogP contribution is -2.37. The van der Waals surface area contributed by atoms with E-state index >= 15 is 0 Å². The normalized spacial score (nSPS) is 24.2. The van der Waals surface area contributed by atoms with Gasteiger partial charge < -0.3 is 15.5 Å². The Morgan fingerprint density at radius 2 is 2.25 bits per heavy atom. The van der Waals surface area contributed by atoms with Gasteiger partial charge in [-0.05, 0) is 58.9 Å². The van der Waals surface area contributed by atoms with E-state index in [2.05, 4.69) is 30.8 Å². The zero-order valence-electron chi connectivity index (χ0n) is 11.3. The largest absolute Gasteiger partial charge is 0.330 e. The Hall–Kier alpha value is -0.120. The Kier molecular flexibility index (Phi) is 6.32. The van der Waals surface area contributed by atoms with E-state index in [0.29, 0.717) is 5.92 Å². The molecule has 0 aromatic heterocycles. The summed E-state index contributed by atoms with van der Waals surface area (Å²) in [6.07, 6.45) is 5.21. The van der Waals surface area contributed by atoms with Crippen molar-refractivity contribution < 1.29 is 0 Å².